The molecule has 21 heavy (non-hydrogen) atoms. The molecule has 0 amide bonds. The highest BCUT2D eigenvalue weighted by molar-refractivity contribution is 7.89. The molecule has 2 fully saturated rings. The van der Waals surface area contributed by atoms with Gasteiger partial charge >= 0.3 is 0 Å². The van der Waals surface area contributed by atoms with Gasteiger partial charge in [0.1, 0.15) is 0 Å². The highest BCUT2D eigenvalue weighted by Crippen LogP contribution is 2.33. The van der Waals surface area contributed by atoms with E-state index in [1.807, 2.05) is 6.07 Å². The van der Waals surface area contributed by atoms with Crippen molar-refractivity contribution in [2.75, 3.05) is 20.3 Å². The van der Waals surface area contributed by atoms with Gasteiger partial charge in [0.15, 0.2) is 0 Å². The smallest absolute Gasteiger partial charge is 0.244 e. The Kier molecular flexibility index (Phi) is 4.66. The van der Waals surface area contributed by atoms with Crippen molar-refractivity contribution in [1.82, 2.24) is 9.62 Å². The number of ether oxygens (including phenoxy) is 1. The minimum Gasteiger partial charge on any atom is -0.383 e. The molecule has 0 aliphatic heterocycles. The van der Waals surface area contributed by atoms with Crippen molar-refractivity contribution in [3.63, 3.8) is 0 Å². The minimum atomic E-state index is -3.38. The van der Waals surface area contributed by atoms with Crippen LogP contribution in [0, 0.1) is 0 Å². The van der Waals surface area contributed by atoms with E-state index in [1.54, 1.807) is 16.8 Å². The maximum absolute atomic E-state index is 12.7. The Morgan fingerprint density at radius 1 is 1.38 bits per heavy atom. The molecular formula is C14H22N2O3S2. The zero-order valence-electron chi connectivity index (χ0n) is 12.2. The maximum Gasteiger partial charge on any atom is 0.244 e. The second kappa shape index (κ2) is 6.34. The van der Waals surface area contributed by atoms with Crippen molar-refractivity contribution in [3.8, 4) is 0 Å². The summed E-state index contributed by atoms with van der Waals surface area (Å²) in [6.07, 6.45) is 4.40. The molecule has 0 spiro atoms. The van der Waals surface area contributed by atoms with Gasteiger partial charge in [0.25, 0.3) is 0 Å². The largest absolute Gasteiger partial charge is 0.383 e. The van der Waals surface area contributed by atoms with Gasteiger partial charge in [-0.1, -0.05) is 0 Å². The van der Waals surface area contributed by atoms with Crippen LogP contribution in [0.15, 0.2) is 16.3 Å². The van der Waals surface area contributed by atoms with Gasteiger partial charge in [0.2, 0.25) is 10.0 Å². The number of sulfonamides is 1. The second-order valence-corrected chi connectivity index (χ2v) is 8.63. The molecule has 1 aromatic heterocycles. The molecule has 0 saturated heterocycles. The number of methoxy groups -OCH3 is 1. The average molecular weight is 330 g/mol. The van der Waals surface area contributed by atoms with Crippen molar-refractivity contribution < 1.29 is 13.2 Å². The van der Waals surface area contributed by atoms with Crippen molar-refractivity contribution in [2.45, 2.75) is 49.2 Å². The van der Waals surface area contributed by atoms with Crippen LogP contribution >= 0.6 is 11.3 Å². The summed E-state index contributed by atoms with van der Waals surface area (Å²) >= 11 is 1.52. The van der Waals surface area contributed by atoms with Gasteiger partial charge in [-0.25, -0.2) is 8.42 Å². The summed E-state index contributed by atoms with van der Waals surface area (Å²) in [7, 11) is -1.78. The number of nitrogens with zero attached hydrogens (tertiary/aromatic N) is 1. The molecule has 118 valence electrons. The Morgan fingerprint density at radius 2 is 2.14 bits per heavy atom. The van der Waals surface area contributed by atoms with Gasteiger partial charge in [-0.3, -0.25) is 0 Å². The van der Waals surface area contributed by atoms with E-state index in [0.717, 1.165) is 24.3 Å². The normalized spacial score (nSPS) is 19.3. The molecule has 0 bridgehead atoms. The minimum absolute atomic E-state index is 0.165. The summed E-state index contributed by atoms with van der Waals surface area (Å²) < 4.78 is 32.1. The lowest BCUT2D eigenvalue weighted by Crippen LogP contribution is -2.35. The first-order valence-electron chi connectivity index (χ1n) is 7.43. The Hall–Kier alpha value is -0.470. The molecule has 5 nitrogen and oxygen atoms in total. The Bertz CT molecular complexity index is 577. The maximum atomic E-state index is 12.7. The van der Waals surface area contributed by atoms with E-state index >= 15 is 0 Å². The van der Waals surface area contributed by atoms with E-state index in [2.05, 4.69) is 5.32 Å². The van der Waals surface area contributed by atoms with Gasteiger partial charge in [-0.05, 0) is 31.7 Å². The fraction of sp³-hybridized carbons (Fsp3) is 0.714. The molecular weight excluding hydrogens is 308 g/mol. The monoisotopic (exact) mass is 330 g/mol. The summed E-state index contributed by atoms with van der Waals surface area (Å²) in [6.45, 7) is 1.65. The van der Waals surface area contributed by atoms with Crippen LogP contribution in [0.25, 0.3) is 0 Å². The number of nitrogens with one attached hydrogen (secondary N) is 1. The number of thiophene rings is 1. The van der Waals surface area contributed by atoms with Gasteiger partial charge in [0, 0.05) is 42.5 Å². The van der Waals surface area contributed by atoms with Crippen molar-refractivity contribution >= 4 is 21.4 Å². The molecule has 0 atom stereocenters. The van der Waals surface area contributed by atoms with Gasteiger partial charge < -0.3 is 10.1 Å². The highest BCUT2D eigenvalue weighted by Gasteiger charge is 2.38. The van der Waals surface area contributed by atoms with Crippen LogP contribution in [0.2, 0.25) is 0 Å². The summed E-state index contributed by atoms with van der Waals surface area (Å²) in [5.41, 5.74) is 0. The van der Waals surface area contributed by atoms with Crippen LogP contribution < -0.4 is 5.32 Å². The molecule has 3 rings (SSSR count). The van der Waals surface area contributed by atoms with E-state index in [9.17, 15) is 8.42 Å². The third-order valence-corrected chi connectivity index (χ3v) is 6.86. The van der Waals surface area contributed by atoms with E-state index in [1.165, 1.54) is 24.2 Å². The molecule has 1 heterocycles. The second-order valence-electron chi connectivity index (χ2n) is 5.74. The summed E-state index contributed by atoms with van der Waals surface area (Å²) in [6, 6.07) is 2.62. The first-order chi connectivity index (χ1) is 10.1. The first kappa shape index (κ1) is 15.4. The van der Waals surface area contributed by atoms with Gasteiger partial charge in [-0.2, -0.15) is 4.31 Å². The van der Waals surface area contributed by atoms with Gasteiger partial charge in [-0.15, -0.1) is 11.3 Å². The predicted octanol–water partition coefficient (Wildman–Crippen LogP) is 1.80. The Labute approximate surface area is 130 Å². The molecule has 0 aromatic carbocycles. The molecule has 1 N–H and O–H groups in total. The SMILES string of the molecule is COCCN(C1CC1)S(=O)(=O)c1csc(CNC2CC2)c1. The van der Waals surface area contributed by atoms with E-state index < -0.39 is 10.0 Å². The van der Waals surface area contributed by atoms with Crippen LogP contribution in [-0.2, 0) is 21.3 Å². The molecule has 2 aliphatic carbocycles. The summed E-state index contributed by atoms with van der Waals surface area (Å²) in [5, 5.41) is 5.18. The standard InChI is InChI=1S/C14H22N2O3S2/c1-19-7-6-16(12-4-5-12)21(17,18)14-8-13(20-10-14)9-15-11-2-3-11/h8,10-12,15H,2-7,9H2,1H3. The molecule has 2 saturated carbocycles. The molecule has 7 heteroatoms. The number of rotatable bonds is 9. The van der Waals surface area contributed by atoms with Crippen LogP contribution in [0.4, 0.5) is 0 Å². The van der Waals surface area contributed by atoms with Crippen LogP contribution in [0.3, 0.4) is 0 Å². The van der Waals surface area contributed by atoms with Crippen LogP contribution in [0.5, 0.6) is 0 Å². The first-order valence-corrected chi connectivity index (χ1v) is 9.75. The van der Waals surface area contributed by atoms with Crippen LogP contribution in [0.1, 0.15) is 30.6 Å². The Morgan fingerprint density at radius 3 is 2.76 bits per heavy atom. The third kappa shape index (κ3) is 3.84. The fourth-order valence-corrected chi connectivity index (χ4v) is 5.18. The highest BCUT2D eigenvalue weighted by atomic mass is 32.2. The quantitative estimate of drug-likeness (QED) is 0.750. The average Bonchev–Trinajstić information content (AvgIpc) is 3.37. The van der Waals surface area contributed by atoms with Crippen LogP contribution in [-0.4, -0.2) is 45.1 Å². The van der Waals surface area contributed by atoms with E-state index in [-0.39, 0.29) is 6.04 Å². The van der Waals surface area contributed by atoms with E-state index in [4.69, 9.17) is 4.74 Å². The van der Waals surface area contributed by atoms with Gasteiger partial charge in [0.05, 0.1) is 11.5 Å². The lowest BCUT2D eigenvalue weighted by Gasteiger charge is -2.20. The van der Waals surface area contributed by atoms with Crippen molar-refractivity contribution in [3.05, 3.63) is 16.3 Å². The molecule has 2 aliphatic rings. The third-order valence-electron chi connectivity index (χ3n) is 3.85. The lowest BCUT2D eigenvalue weighted by molar-refractivity contribution is 0.177. The van der Waals surface area contributed by atoms with Crippen molar-refractivity contribution in [1.29, 1.82) is 0 Å². The van der Waals surface area contributed by atoms with E-state index in [0.29, 0.717) is 24.1 Å². The topological polar surface area (TPSA) is 58.6 Å². The summed E-state index contributed by atoms with van der Waals surface area (Å²) in [5.74, 6) is 0. The summed E-state index contributed by atoms with van der Waals surface area (Å²) in [4.78, 5) is 1.52. The van der Waals surface area contributed by atoms with Crippen molar-refractivity contribution in [2.24, 2.45) is 0 Å². The lowest BCUT2D eigenvalue weighted by atomic mass is 10.4. The zero-order chi connectivity index (χ0) is 14.9. The number of hydrogen-bond acceptors (Lipinski definition) is 5. The number of hydrogen-bond donors (Lipinski definition) is 1. The zero-order valence-corrected chi connectivity index (χ0v) is 13.9. The molecule has 1 aromatic rings. The molecule has 0 radical (unpaired) electrons. The molecule has 0 unspecified atom stereocenters. The predicted molar refractivity (Wildman–Crippen MR) is 83.0 cm³/mol. The Balaban J connectivity index is 1.69. The fourth-order valence-electron chi connectivity index (χ4n) is 2.30.